The van der Waals surface area contributed by atoms with Crippen LogP contribution in [0.2, 0.25) is 0 Å². The van der Waals surface area contributed by atoms with Crippen molar-refractivity contribution in [2.75, 3.05) is 6.54 Å². The number of carbonyl (C=O) groups is 1. The van der Waals surface area contributed by atoms with Crippen molar-refractivity contribution in [1.29, 1.82) is 0 Å². The molecule has 7 heteroatoms. The van der Waals surface area contributed by atoms with E-state index < -0.39 is 21.9 Å². The van der Waals surface area contributed by atoms with Gasteiger partial charge in [-0.05, 0) is 18.6 Å². The molecule has 0 saturated carbocycles. The molecule has 0 amide bonds. The summed E-state index contributed by atoms with van der Waals surface area (Å²) in [6.07, 6.45) is 0.364. The summed E-state index contributed by atoms with van der Waals surface area (Å²) in [4.78, 5) is 15.0. The second-order valence-electron chi connectivity index (χ2n) is 4.36. The summed E-state index contributed by atoms with van der Waals surface area (Å²) in [5.41, 5.74) is 0.533. The van der Waals surface area contributed by atoms with Gasteiger partial charge in [-0.25, -0.2) is 8.42 Å². The lowest BCUT2D eigenvalue weighted by Crippen LogP contribution is -2.22. The Morgan fingerprint density at radius 1 is 1.42 bits per heavy atom. The molecular formula is C12H14N2O4S. The van der Waals surface area contributed by atoms with Gasteiger partial charge in [-0.1, -0.05) is 19.1 Å². The molecule has 1 aromatic rings. The van der Waals surface area contributed by atoms with Gasteiger partial charge in [0.1, 0.15) is 5.84 Å². The van der Waals surface area contributed by atoms with Crippen LogP contribution in [0, 0.1) is 5.92 Å². The van der Waals surface area contributed by atoms with Crippen LogP contribution in [0.1, 0.15) is 18.9 Å². The largest absolute Gasteiger partial charge is 0.481 e. The number of hydrogen-bond donors (Lipinski definition) is 2. The number of carboxylic acids is 1. The Morgan fingerprint density at radius 3 is 2.79 bits per heavy atom. The summed E-state index contributed by atoms with van der Waals surface area (Å²) in [5, 5.41) is 8.75. The monoisotopic (exact) mass is 282 g/mol. The maximum absolute atomic E-state index is 11.8. The molecule has 0 aliphatic carbocycles. The topological polar surface area (TPSA) is 95.8 Å². The van der Waals surface area contributed by atoms with Crippen molar-refractivity contribution in [3.63, 3.8) is 0 Å². The van der Waals surface area contributed by atoms with E-state index in [1.54, 1.807) is 25.1 Å². The molecule has 1 unspecified atom stereocenters. The van der Waals surface area contributed by atoms with E-state index >= 15 is 0 Å². The zero-order chi connectivity index (χ0) is 14.0. The second kappa shape index (κ2) is 5.00. The van der Waals surface area contributed by atoms with E-state index in [9.17, 15) is 13.2 Å². The first kappa shape index (κ1) is 13.5. The Hall–Kier alpha value is -1.89. The van der Waals surface area contributed by atoms with E-state index in [0.29, 0.717) is 12.0 Å². The fraction of sp³-hybridized carbons (Fsp3) is 0.333. The number of rotatable bonds is 4. The molecular weight excluding hydrogens is 268 g/mol. The van der Waals surface area contributed by atoms with Crippen molar-refractivity contribution in [1.82, 2.24) is 4.72 Å². The molecule has 6 nitrogen and oxygen atoms in total. The minimum Gasteiger partial charge on any atom is -0.481 e. The van der Waals surface area contributed by atoms with Crippen LogP contribution >= 0.6 is 0 Å². The molecule has 1 heterocycles. The average Bonchev–Trinajstić information content (AvgIpc) is 2.62. The second-order valence-corrected chi connectivity index (χ2v) is 6.01. The highest BCUT2D eigenvalue weighted by Crippen LogP contribution is 2.22. The Balaban J connectivity index is 2.18. The standard InChI is InChI=1S/C12H14N2O4S/c1-8(12(15)16)6-7-13-11-9-4-2-3-5-10(9)19(17,18)14-11/h2-5,8H,6-7H2,1H3,(H,13,14)(H,15,16). The van der Waals surface area contributed by atoms with Gasteiger partial charge in [0.05, 0.1) is 10.8 Å². The van der Waals surface area contributed by atoms with Crippen molar-refractivity contribution in [3.8, 4) is 0 Å². The zero-order valence-corrected chi connectivity index (χ0v) is 11.1. The maximum atomic E-state index is 11.8. The van der Waals surface area contributed by atoms with Crippen LogP contribution in [0.15, 0.2) is 34.2 Å². The Labute approximate surface area is 111 Å². The van der Waals surface area contributed by atoms with Crippen LogP contribution in [0.5, 0.6) is 0 Å². The number of fused-ring (bicyclic) bond motifs is 1. The fourth-order valence-electron chi connectivity index (χ4n) is 1.74. The molecule has 0 bridgehead atoms. The van der Waals surface area contributed by atoms with E-state index in [2.05, 4.69) is 9.71 Å². The fourth-order valence-corrected chi connectivity index (χ4v) is 3.00. The number of benzene rings is 1. The van der Waals surface area contributed by atoms with Crippen molar-refractivity contribution < 1.29 is 18.3 Å². The van der Waals surface area contributed by atoms with Gasteiger partial charge >= 0.3 is 5.97 Å². The van der Waals surface area contributed by atoms with Crippen molar-refractivity contribution in [2.45, 2.75) is 18.2 Å². The van der Waals surface area contributed by atoms with Crippen molar-refractivity contribution in [2.24, 2.45) is 10.9 Å². The van der Waals surface area contributed by atoms with Crippen LogP contribution < -0.4 is 4.72 Å². The number of sulfonamides is 1. The summed E-state index contributed by atoms with van der Waals surface area (Å²) in [6, 6.07) is 6.57. The van der Waals surface area contributed by atoms with Gasteiger partial charge in [0.15, 0.2) is 0 Å². The minimum atomic E-state index is -3.52. The number of carboxylic acid groups (broad SMARTS) is 1. The maximum Gasteiger partial charge on any atom is 0.306 e. The highest BCUT2D eigenvalue weighted by molar-refractivity contribution is 7.90. The molecule has 0 fully saturated rings. The molecule has 1 atom stereocenters. The molecule has 0 aromatic heterocycles. The van der Waals surface area contributed by atoms with Gasteiger partial charge in [0.2, 0.25) is 0 Å². The number of aliphatic imine (C=N–C) groups is 1. The normalized spacial score (nSPS) is 19.7. The summed E-state index contributed by atoms with van der Waals surface area (Å²) in [5.74, 6) is -1.10. The summed E-state index contributed by atoms with van der Waals surface area (Å²) >= 11 is 0. The van der Waals surface area contributed by atoms with Crippen molar-refractivity contribution >= 4 is 21.8 Å². The predicted octanol–water partition coefficient (Wildman–Crippen LogP) is 0.836. The highest BCUT2D eigenvalue weighted by atomic mass is 32.2. The molecule has 1 aliphatic heterocycles. The summed E-state index contributed by atoms with van der Waals surface area (Å²) < 4.78 is 25.9. The molecule has 0 spiro atoms. The molecule has 0 saturated heterocycles. The molecule has 0 radical (unpaired) electrons. The van der Waals surface area contributed by atoms with E-state index in [0.717, 1.165) is 0 Å². The average molecular weight is 282 g/mol. The third-order valence-corrected chi connectivity index (χ3v) is 4.31. The van der Waals surface area contributed by atoms with Crippen LogP contribution in [0.4, 0.5) is 0 Å². The summed E-state index contributed by atoms with van der Waals surface area (Å²) in [6.45, 7) is 1.86. The van der Waals surface area contributed by atoms with Crippen LogP contribution in [-0.2, 0) is 14.8 Å². The first-order chi connectivity index (χ1) is 8.92. The third kappa shape index (κ3) is 2.76. The smallest absolute Gasteiger partial charge is 0.306 e. The first-order valence-electron chi connectivity index (χ1n) is 5.81. The predicted molar refractivity (Wildman–Crippen MR) is 69.6 cm³/mol. The first-order valence-corrected chi connectivity index (χ1v) is 7.29. The van der Waals surface area contributed by atoms with Crippen LogP contribution in [0.3, 0.4) is 0 Å². The van der Waals surface area contributed by atoms with Gasteiger partial charge in [0.25, 0.3) is 10.0 Å². The quantitative estimate of drug-likeness (QED) is 0.855. The van der Waals surface area contributed by atoms with E-state index in [1.165, 1.54) is 6.07 Å². The molecule has 102 valence electrons. The number of hydrogen-bond acceptors (Lipinski definition) is 4. The minimum absolute atomic E-state index is 0.208. The Kier molecular flexibility index (Phi) is 3.57. The van der Waals surface area contributed by atoms with Crippen molar-refractivity contribution in [3.05, 3.63) is 29.8 Å². The van der Waals surface area contributed by atoms with Gasteiger partial charge in [0, 0.05) is 12.1 Å². The van der Waals surface area contributed by atoms with Gasteiger partial charge in [-0.15, -0.1) is 0 Å². The lowest BCUT2D eigenvalue weighted by atomic mass is 10.1. The molecule has 2 rings (SSSR count). The van der Waals surface area contributed by atoms with Crippen LogP contribution in [0.25, 0.3) is 0 Å². The number of amidine groups is 1. The van der Waals surface area contributed by atoms with E-state index in [1.807, 2.05) is 0 Å². The molecule has 19 heavy (non-hydrogen) atoms. The number of nitrogens with one attached hydrogen (secondary N) is 1. The molecule has 2 N–H and O–H groups in total. The Morgan fingerprint density at radius 2 is 2.11 bits per heavy atom. The van der Waals surface area contributed by atoms with E-state index in [-0.39, 0.29) is 17.3 Å². The molecule has 1 aromatic carbocycles. The number of aliphatic carboxylic acids is 1. The van der Waals surface area contributed by atoms with Gasteiger partial charge in [-0.2, -0.15) is 0 Å². The van der Waals surface area contributed by atoms with Gasteiger partial charge < -0.3 is 5.11 Å². The lowest BCUT2D eigenvalue weighted by molar-refractivity contribution is -0.141. The lowest BCUT2D eigenvalue weighted by Gasteiger charge is -2.03. The molecule has 1 aliphatic rings. The third-order valence-electron chi connectivity index (χ3n) is 2.92. The van der Waals surface area contributed by atoms with Crippen LogP contribution in [-0.4, -0.2) is 31.9 Å². The Bertz CT molecular complexity index is 637. The summed E-state index contributed by atoms with van der Waals surface area (Å²) in [7, 11) is -3.52. The number of nitrogens with zero attached hydrogens (tertiary/aromatic N) is 1. The van der Waals surface area contributed by atoms with Gasteiger partial charge in [-0.3, -0.25) is 14.5 Å². The highest BCUT2D eigenvalue weighted by Gasteiger charge is 2.29. The van der Waals surface area contributed by atoms with E-state index in [4.69, 9.17) is 5.11 Å². The zero-order valence-electron chi connectivity index (χ0n) is 10.3. The SMILES string of the molecule is CC(CCN=C1NS(=O)(=O)c2ccccc21)C(=O)O.